The summed E-state index contributed by atoms with van der Waals surface area (Å²) in [6.07, 6.45) is 0. The van der Waals surface area contributed by atoms with E-state index < -0.39 is 10.1 Å². The second-order valence-corrected chi connectivity index (χ2v) is 10.0. The van der Waals surface area contributed by atoms with Gasteiger partial charge in [0.15, 0.2) is 0 Å². The van der Waals surface area contributed by atoms with Gasteiger partial charge in [-0.1, -0.05) is 29.8 Å². The van der Waals surface area contributed by atoms with Crippen molar-refractivity contribution < 1.29 is 17.6 Å². The van der Waals surface area contributed by atoms with Gasteiger partial charge in [-0.15, -0.1) is 9.36 Å². The highest BCUT2D eigenvalue weighted by molar-refractivity contribution is 7.85. The third-order valence-corrected chi connectivity index (χ3v) is 6.41. The van der Waals surface area contributed by atoms with Crippen LogP contribution in [-0.2, 0) is 16.7 Å². The molecule has 0 saturated carbocycles. The molecule has 37 heavy (non-hydrogen) atoms. The molecule has 3 aromatic carbocycles. The molecule has 0 spiro atoms. The van der Waals surface area contributed by atoms with Gasteiger partial charge in [0, 0.05) is 38.7 Å². The summed E-state index contributed by atoms with van der Waals surface area (Å²) >= 11 is 0. The van der Waals surface area contributed by atoms with Crippen LogP contribution in [0, 0.1) is 20.8 Å². The van der Waals surface area contributed by atoms with Crippen LogP contribution in [0.15, 0.2) is 87.9 Å². The molecule has 194 valence electrons. The first kappa shape index (κ1) is 27.5. The van der Waals surface area contributed by atoms with Gasteiger partial charge < -0.3 is 9.45 Å². The van der Waals surface area contributed by atoms with Crippen LogP contribution < -0.4 is 15.4 Å². The summed E-state index contributed by atoms with van der Waals surface area (Å²) in [6, 6.07) is 21.2. The second kappa shape index (κ2) is 11.8. The zero-order valence-electron chi connectivity index (χ0n) is 21.5. The monoisotopic (exact) mass is 521 g/mol. The molecule has 0 bridgehead atoms. The first-order valence-electron chi connectivity index (χ1n) is 11.5. The summed E-state index contributed by atoms with van der Waals surface area (Å²) in [5.74, 6) is 7.59. The molecule has 4 rings (SSSR count). The Morgan fingerprint density at radius 3 is 1.84 bits per heavy atom. The topological polar surface area (TPSA) is 133 Å². The van der Waals surface area contributed by atoms with Gasteiger partial charge in [-0.3, -0.25) is 5.84 Å². The number of nitrogens with zero attached hydrogens (tertiary/aromatic N) is 6. The van der Waals surface area contributed by atoms with E-state index in [1.54, 1.807) is 4.68 Å². The number of aryl methyl sites for hydroxylation is 2. The van der Waals surface area contributed by atoms with Gasteiger partial charge in [-0.2, -0.15) is 10.2 Å². The van der Waals surface area contributed by atoms with Crippen LogP contribution in [0.5, 0.6) is 0 Å². The van der Waals surface area contributed by atoms with E-state index in [9.17, 15) is 13.0 Å². The van der Waals surface area contributed by atoms with E-state index in [-0.39, 0.29) is 4.90 Å². The zero-order chi connectivity index (χ0) is 27.2. The average molecular weight is 522 g/mol. The van der Waals surface area contributed by atoms with Crippen molar-refractivity contribution >= 4 is 27.2 Å². The van der Waals surface area contributed by atoms with Crippen LogP contribution in [0.25, 0.3) is 0 Å². The van der Waals surface area contributed by atoms with Gasteiger partial charge in [0.25, 0.3) is 11.6 Å². The second-order valence-electron chi connectivity index (χ2n) is 8.67. The first-order chi connectivity index (χ1) is 17.4. The van der Waals surface area contributed by atoms with E-state index in [1.165, 1.54) is 35.4 Å². The fourth-order valence-electron chi connectivity index (χ4n) is 3.28. The zero-order valence-corrected chi connectivity index (χ0v) is 22.3. The minimum absolute atomic E-state index is 0.281. The predicted molar refractivity (Wildman–Crippen MR) is 142 cm³/mol. The summed E-state index contributed by atoms with van der Waals surface area (Å²) in [5, 5.41) is 12.4. The molecule has 11 heteroatoms. The van der Waals surface area contributed by atoms with Crippen molar-refractivity contribution in [1.29, 1.82) is 0 Å². The molecular formula is C26H31N7O3S. The lowest BCUT2D eigenvalue weighted by Gasteiger charge is -2.11. The van der Waals surface area contributed by atoms with Crippen molar-refractivity contribution in [1.82, 2.24) is 9.78 Å². The number of rotatable bonds is 6. The molecule has 2 N–H and O–H groups in total. The molecule has 0 radical (unpaired) electrons. The third-order valence-electron chi connectivity index (χ3n) is 5.56. The molecular weight excluding hydrogens is 490 g/mol. The maximum absolute atomic E-state index is 10.8. The Kier molecular flexibility index (Phi) is 8.74. The lowest BCUT2D eigenvalue weighted by Crippen LogP contribution is -2.48. The predicted octanol–water partition coefficient (Wildman–Crippen LogP) is 3.93. The van der Waals surface area contributed by atoms with E-state index >= 15 is 0 Å². The Morgan fingerprint density at radius 1 is 0.892 bits per heavy atom. The van der Waals surface area contributed by atoms with Crippen LogP contribution in [0.1, 0.15) is 22.8 Å². The third kappa shape index (κ3) is 7.69. The van der Waals surface area contributed by atoms with E-state index in [4.69, 9.17) is 5.84 Å². The average Bonchev–Trinajstić information content (AvgIpc) is 3.11. The van der Waals surface area contributed by atoms with Gasteiger partial charge in [0.1, 0.15) is 16.7 Å². The number of azo groups is 1. The number of aromatic nitrogens is 3. The van der Waals surface area contributed by atoms with Crippen molar-refractivity contribution in [2.24, 2.45) is 10.2 Å². The van der Waals surface area contributed by atoms with Gasteiger partial charge in [-0.05, 0) is 61.0 Å². The molecule has 0 aliphatic rings. The molecule has 1 aromatic heterocycles. The van der Waals surface area contributed by atoms with Crippen LogP contribution in [0.4, 0.5) is 17.1 Å². The number of hydrogen-bond acceptors (Lipinski definition) is 8. The summed E-state index contributed by atoms with van der Waals surface area (Å²) in [7, 11) is -0.533. The normalized spacial score (nSPS) is 11.3. The lowest BCUT2D eigenvalue weighted by molar-refractivity contribution is -0.652. The fraction of sp³-hybridized carbons (Fsp3) is 0.231. The van der Waals surface area contributed by atoms with Crippen LogP contribution >= 0.6 is 0 Å². The molecule has 0 amide bonds. The van der Waals surface area contributed by atoms with Crippen molar-refractivity contribution in [2.75, 3.05) is 24.8 Å². The van der Waals surface area contributed by atoms with Gasteiger partial charge >= 0.3 is 0 Å². The van der Waals surface area contributed by atoms with Crippen molar-refractivity contribution in [3.05, 3.63) is 95.6 Å². The van der Waals surface area contributed by atoms with E-state index in [0.717, 1.165) is 23.9 Å². The summed E-state index contributed by atoms with van der Waals surface area (Å²) < 4.78 is 35.9. The number of hydrogen-bond donors (Lipinski definition) is 1. The Hall–Kier alpha value is -4.09. The van der Waals surface area contributed by atoms with Crippen molar-refractivity contribution in [2.45, 2.75) is 32.2 Å². The maximum Gasteiger partial charge on any atom is 0.295 e. The number of benzene rings is 3. The van der Waals surface area contributed by atoms with Gasteiger partial charge in [-0.25, -0.2) is 8.42 Å². The Bertz CT molecular complexity index is 1460. The molecule has 0 unspecified atom stereocenters. The molecule has 0 aliphatic heterocycles. The number of nitrogens with two attached hydrogens (primary N) is 1. The standard InChI is InChI=1S/C14H15N3O3S.C12H17N4/c1-17(2)13-7-3-11(4-8-13)15-16-12-5-9-14(10-6-12)21(18,19)20;1-9-4-6-12(7-5-9)8-15-11(3)16(13)10(2)14-15/h3-10H,1-2H3,(H,18,19,20);4-7H,8,13H2,1-3H3/q;+1/p-1. The van der Waals surface area contributed by atoms with Crippen LogP contribution in [0.2, 0.25) is 0 Å². The molecule has 4 aromatic rings. The fourth-order valence-corrected chi connectivity index (χ4v) is 3.75. The Morgan fingerprint density at radius 2 is 1.41 bits per heavy atom. The summed E-state index contributed by atoms with van der Waals surface area (Å²) in [5.41, 5.74) is 4.71. The molecule has 0 aliphatic carbocycles. The highest BCUT2D eigenvalue weighted by Crippen LogP contribution is 2.22. The number of anilines is 1. The van der Waals surface area contributed by atoms with E-state index in [0.29, 0.717) is 11.4 Å². The highest BCUT2D eigenvalue weighted by atomic mass is 32.2. The van der Waals surface area contributed by atoms with Crippen molar-refractivity contribution in [3.63, 3.8) is 0 Å². The van der Waals surface area contributed by atoms with Crippen molar-refractivity contribution in [3.8, 4) is 0 Å². The summed E-state index contributed by atoms with van der Waals surface area (Å²) in [4.78, 5) is 1.69. The van der Waals surface area contributed by atoms with E-state index in [2.05, 4.69) is 46.5 Å². The van der Waals surface area contributed by atoms with Crippen LogP contribution in [-0.4, -0.2) is 36.8 Å². The quantitative estimate of drug-likeness (QED) is 0.177. The molecule has 0 atom stereocenters. The SMILES string of the molecule is CN(C)c1ccc(N=Nc2ccc(S(=O)(=O)[O-])cc2)cc1.Cc1ccc(Cn2nc(C)[n+](N)c2C)cc1. The molecule has 10 nitrogen and oxygen atoms in total. The molecule has 0 saturated heterocycles. The van der Waals surface area contributed by atoms with E-state index in [1.807, 2.05) is 61.8 Å². The minimum atomic E-state index is -4.43. The Balaban J connectivity index is 0.000000213. The largest absolute Gasteiger partial charge is 0.744 e. The smallest absolute Gasteiger partial charge is 0.295 e. The first-order valence-corrected chi connectivity index (χ1v) is 12.9. The van der Waals surface area contributed by atoms with Gasteiger partial charge in [0.2, 0.25) is 0 Å². The number of nitrogen functional groups attached to an aromatic ring is 1. The minimum Gasteiger partial charge on any atom is -0.744 e. The maximum atomic E-state index is 10.8. The molecule has 1 heterocycles. The lowest BCUT2D eigenvalue weighted by atomic mass is 10.1. The van der Waals surface area contributed by atoms with Gasteiger partial charge in [0.05, 0.1) is 16.3 Å². The van der Waals surface area contributed by atoms with Crippen LogP contribution in [0.3, 0.4) is 0 Å². The molecule has 0 fully saturated rings. The Labute approximate surface area is 217 Å². The highest BCUT2D eigenvalue weighted by Gasteiger charge is 2.16. The summed E-state index contributed by atoms with van der Waals surface area (Å²) in [6.45, 7) is 6.71.